The van der Waals surface area contributed by atoms with Crippen LogP contribution >= 0.6 is 11.6 Å². The standard InChI is InChI=1S/C23H23ClN4O6/c1-13(29)32-18(10-28-12-27-19-21(24)25-11-26-22(19)28)20(33-14(2)30)16-8-9-17(16)34-23(31)15-6-4-3-5-7-15/h3-7,11-12,16-18,20H,8-10H2,1-2H3. The van der Waals surface area contributed by atoms with Crippen molar-refractivity contribution in [3.8, 4) is 0 Å². The number of rotatable bonds is 8. The predicted octanol–water partition coefficient (Wildman–Crippen LogP) is 2.98. The molecule has 0 amide bonds. The molecule has 1 fully saturated rings. The number of aromatic nitrogens is 4. The highest BCUT2D eigenvalue weighted by atomic mass is 35.5. The van der Waals surface area contributed by atoms with Crippen molar-refractivity contribution in [2.24, 2.45) is 5.92 Å². The van der Waals surface area contributed by atoms with Crippen LogP contribution in [0.4, 0.5) is 0 Å². The Morgan fingerprint density at radius 2 is 1.79 bits per heavy atom. The van der Waals surface area contributed by atoms with Crippen molar-refractivity contribution in [1.82, 2.24) is 19.5 Å². The molecule has 1 aromatic carbocycles. The lowest BCUT2D eigenvalue weighted by Gasteiger charge is -2.42. The summed E-state index contributed by atoms with van der Waals surface area (Å²) in [4.78, 5) is 48.8. The molecule has 4 rings (SSSR count). The second kappa shape index (κ2) is 10.2. The monoisotopic (exact) mass is 486 g/mol. The number of esters is 3. The summed E-state index contributed by atoms with van der Waals surface area (Å²) in [5.74, 6) is -1.90. The second-order valence-corrected chi connectivity index (χ2v) is 8.36. The number of carbonyl (C=O) groups is 3. The lowest BCUT2D eigenvalue weighted by molar-refractivity contribution is -0.182. The first-order valence-corrected chi connectivity index (χ1v) is 11.1. The fourth-order valence-corrected chi connectivity index (χ4v) is 4.21. The molecule has 1 saturated carbocycles. The van der Waals surface area contributed by atoms with Crippen molar-refractivity contribution in [3.63, 3.8) is 0 Å². The normalized spacial score (nSPS) is 19.0. The van der Waals surface area contributed by atoms with Gasteiger partial charge in [-0.2, -0.15) is 0 Å². The van der Waals surface area contributed by atoms with Gasteiger partial charge >= 0.3 is 17.9 Å². The number of ether oxygens (including phenoxy) is 3. The lowest BCUT2D eigenvalue weighted by Crippen LogP contribution is -2.51. The van der Waals surface area contributed by atoms with E-state index in [2.05, 4.69) is 15.0 Å². The Morgan fingerprint density at radius 3 is 2.44 bits per heavy atom. The number of fused-ring (bicyclic) bond motifs is 1. The highest BCUT2D eigenvalue weighted by Gasteiger charge is 2.46. The molecule has 2 heterocycles. The van der Waals surface area contributed by atoms with Crippen molar-refractivity contribution in [3.05, 3.63) is 53.7 Å². The number of imidazole rings is 1. The van der Waals surface area contributed by atoms with Crippen LogP contribution in [0.25, 0.3) is 11.2 Å². The van der Waals surface area contributed by atoms with Crippen LogP contribution < -0.4 is 0 Å². The third-order valence-electron chi connectivity index (χ3n) is 5.67. The first-order valence-electron chi connectivity index (χ1n) is 10.7. The van der Waals surface area contributed by atoms with Crippen molar-refractivity contribution in [1.29, 1.82) is 0 Å². The Hall–Kier alpha value is -3.53. The van der Waals surface area contributed by atoms with Crippen LogP contribution in [0.5, 0.6) is 0 Å². The van der Waals surface area contributed by atoms with Crippen LogP contribution in [0, 0.1) is 5.92 Å². The topological polar surface area (TPSA) is 123 Å². The van der Waals surface area contributed by atoms with Gasteiger partial charge in [-0.05, 0) is 25.0 Å². The molecule has 0 saturated heterocycles. The SMILES string of the molecule is CC(=O)OC(Cn1cnc2c(Cl)ncnc21)C(OC(C)=O)C1CCC1OC(=O)c1ccccc1. The van der Waals surface area contributed by atoms with E-state index >= 15 is 0 Å². The Kier molecular flexibility index (Phi) is 7.06. The number of benzene rings is 1. The Labute approximate surface area is 200 Å². The highest BCUT2D eigenvalue weighted by Crippen LogP contribution is 2.37. The van der Waals surface area contributed by atoms with E-state index in [-0.39, 0.29) is 17.6 Å². The van der Waals surface area contributed by atoms with Gasteiger partial charge in [0.2, 0.25) is 0 Å². The summed E-state index contributed by atoms with van der Waals surface area (Å²) < 4.78 is 18.5. The molecule has 1 aliphatic carbocycles. The van der Waals surface area contributed by atoms with E-state index in [0.29, 0.717) is 29.6 Å². The van der Waals surface area contributed by atoms with Crippen LogP contribution in [-0.4, -0.2) is 55.7 Å². The number of nitrogens with zero attached hydrogens (tertiary/aromatic N) is 4. The van der Waals surface area contributed by atoms with Gasteiger partial charge in [0.25, 0.3) is 0 Å². The first-order chi connectivity index (χ1) is 16.3. The molecule has 178 valence electrons. The molecule has 11 heteroatoms. The zero-order chi connectivity index (χ0) is 24.2. The number of hydrogen-bond donors (Lipinski definition) is 0. The van der Waals surface area contributed by atoms with Gasteiger partial charge in [-0.1, -0.05) is 29.8 Å². The first kappa shape index (κ1) is 23.6. The fraction of sp³-hybridized carbons (Fsp3) is 0.391. The molecule has 1 aliphatic rings. The van der Waals surface area contributed by atoms with Crippen LogP contribution in [-0.2, 0) is 30.3 Å². The maximum Gasteiger partial charge on any atom is 0.338 e. The van der Waals surface area contributed by atoms with Gasteiger partial charge in [0.05, 0.1) is 18.4 Å². The Morgan fingerprint density at radius 1 is 1.06 bits per heavy atom. The van der Waals surface area contributed by atoms with Gasteiger partial charge in [-0.15, -0.1) is 0 Å². The lowest BCUT2D eigenvalue weighted by atomic mass is 9.76. The third-order valence-corrected chi connectivity index (χ3v) is 5.95. The molecule has 10 nitrogen and oxygen atoms in total. The van der Waals surface area contributed by atoms with E-state index in [1.54, 1.807) is 34.9 Å². The zero-order valence-electron chi connectivity index (χ0n) is 18.6. The minimum atomic E-state index is -0.879. The van der Waals surface area contributed by atoms with E-state index < -0.39 is 36.2 Å². The molecule has 0 spiro atoms. The predicted molar refractivity (Wildman–Crippen MR) is 120 cm³/mol. The average Bonchev–Trinajstić information content (AvgIpc) is 3.20. The maximum atomic E-state index is 12.6. The van der Waals surface area contributed by atoms with Crippen LogP contribution in [0.2, 0.25) is 5.15 Å². The second-order valence-electron chi connectivity index (χ2n) is 8.01. The molecular weight excluding hydrogens is 464 g/mol. The van der Waals surface area contributed by atoms with Gasteiger partial charge in [-0.25, -0.2) is 19.7 Å². The van der Waals surface area contributed by atoms with Crippen LogP contribution in [0.3, 0.4) is 0 Å². The highest BCUT2D eigenvalue weighted by molar-refractivity contribution is 6.33. The minimum Gasteiger partial charge on any atom is -0.458 e. The third kappa shape index (κ3) is 5.17. The van der Waals surface area contributed by atoms with Crippen LogP contribution in [0.15, 0.2) is 43.0 Å². The Balaban J connectivity index is 1.58. The molecule has 0 bridgehead atoms. The van der Waals surface area contributed by atoms with E-state index in [0.717, 1.165) is 0 Å². The van der Waals surface area contributed by atoms with Gasteiger partial charge < -0.3 is 18.8 Å². The maximum absolute atomic E-state index is 12.6. The molecule has 0 N–H and O–H groups in total. The van der Waals surface area contributed by atoms with Crippen molar-refractivity contribution in [2.75, 3.05) is 0 Å². The fourth-order valence-electron chi connectivity index (χ4n) is 4.03. The van der Waals surface area contributed by atoms with Gasteiger partial charge in [0.15, 0.2) is 16.9 Å². The summed E-state index contributed by atoms with van der Waals surface area (Å²) in [6.45, 7) is 2.65. The van der Waals surface area contributed by atoms with Crippen molar-refractivity contribution < 1.29 is 28.6 Å². The molecule has 4 unspecified atom stereocenters. The molecule has 2 aromatic heterocycles. The summed E-state index contributed by atoms with van der Waals surface area (Å²) >= 11 is 6.09. The van der Waals surface area contributed by atoms with Gasteiger partial charge in [0.1, 0.15) is 24.1 Å². The zero-order valence-corrected chi connectivity index (χ0v) is 19.3. The van der Waals surface area contributed by atoms with Crippen LogP contribution in [0.1, 0.15) is 37.0 Å². The van der Waals surface area contributed by atoms with E-state index in [1.165, 1.54) is 26.5 Å². The van der Waals surface area contributed by atoms with E-state index in [1.807, 2.05) is 0 Å². The number of halogens is 1. The molecule has 0 radical (unpaired) electrons. The summed E-state index contributed by atoms with van der Waals surface area (Å²) in [5.41, 5.74) is 1.27. The smallest absolute Gasteiger partial charge is 0.338 e. The number of hydrogen-bond acceptors (Lipinski definition) is 9. The quantitative estimate of drug-likeness (QED) is 0.268. The van der Waals surface area contributed by atoms with Crippen molar-refractivity contribution in [2.45, 2.75) is 51.5 Å². The molecule has 4 atom stereocenters. The summed E-state index contributed by atoms with van der Waals surface area (Å²) in [6, 6.07) is 8.63. The van der Waals surface area contributed by atoms with E-state index in [9.17, 15) is 14.4 Å². The summed E-state index contributed by atoms with van der Waals surface area (Å²) in [6.07, 6.45) is 1.81. The molecule has 0 aliphatic heterocycles. The molecule has 3 aromatic rings. The van der Waals surface area contributed by atoms with Gasteiger partial charge in [-0.3, -0.25) is 9.59 Å². The minimum absolute atomic E-state index is 0.0945. The van der Waals surface area contributed by atoms with Gasteiger partial charge in [0, 0.05) is 19.8 Å². The van der Waals surface area contributed by atoms with Crippen molar-refractivity contribution >= 4 is 40.7 Å². The average molecular weight is 487 g/mol. The number of carbonyl (C=O) groups excluding carboxylic acids is 3. The summed E-state index contributed by atoms with van der Waals surface area (Å²) in [5, 5.41) is 0.191. The Bertz CT molecular complexity index is 1200. The summed E-state index contributed by atoms with van der Waals surface area (Å²) in [7, 11) is 0. The van der Waals surface area contributed by atoms with E-state index in [4.69, 9.17) is 25.8 Å². The molecular formula is C23H23ClN4O6. The molecule has 34 heavy (non-hydrogen) atoms. The largest absolute Gasteiger partial charge is 0.458 e.